The molecule has 3 rings (SSSR count). The third-order valence-corrected chi connectivity index (χ3v) is 5.65. The van der Waals surface area contributed by atoms with E-state index in [0.717, 1.165) is 25.7 Å². The fraction of sp³-hybridized carbons (Fsp3) is 1.00. The average Bonchev–Trinajstić information content (AvgIpc) is 2.73. The van der Waals surface area contributed by atoms with Gasteiger partial charge in [-0.3, -0.25) is 4.90 Å². The fourth-order valence-corrected chi connectivity index (χ4v) is 4.72. The average molecular weight is 280 g/mol. The highest BCUT2D eigenvalue weighted by atomic mass is 16.5. The zero-order chi connectivity index (χ0) is 13.8. The number of hydrogen-bond acceptors (Lipinski definition) is 3. The SMILES string of the molecule is CCNC1CCCCCC1N1CCOC2CCCCC21. The Morgan fingerprint density at radius 1 is 0.950 bits per heavy atom. The van der Waals surface area contributed by atoms with Gasteiger partial charge >= 0.3 is 0 Å². The number of likely N-dealkylation sites (N-methyl/N-ethyl adjacent to an activating group) is 1. The van der Waals surface area contributed by atoms with Gasteiger partial charge in [-0.05, 0) is 32.2 Å². The number of fused-ring (bicyclic) bond motifs is 1. The highest BCUT2D eigenvalue weighted by Gasteiger charge is 2.39. The minimum absolute atomic E-state index is 0.531. The monoisotopic (exact) mass is 280 g/mol. The first-order chi connectivity index (χ1) is 9.90. The van der Waals surface area contributed by atoms with E-state index >= 15 is 0 Å². The second-order valence-electron chi connectivity index (χ2n) is 6.87. The van der Waals surface area contributed by atoms with Crippen molar-refractivity contribution in [2.45, 2.75) is 88.9 Å². The highest BCUT2D eigenvalue weighted by Crippen LogP contribution is 2.33. The first-order valence-corrected chi connectivity index (χ1v) is 9.01. The molecule has 1 aliphatic heterocycles. The Labute approximate surface area is 124 Å². The van der Waals surface area contributed by atoms with Gasteiger partial charge < -0.3 is 10.1 Å². The van der Waals surface area contributed by atoms with Crippen molar-refractivity contribution in [2.75, 3.05) is 19.7 Å². The largest absolute Gasteiger partial charge is 0.375 e. The molecule has 3 heteroatoms. The van der Waals surface area contributed by atoms with E-state index in [-0.39, 0.29) is 0 Å². The van der Waals surface area contributed by atoms with Crippen LogP contribution in [0, 0.1) is 0 Å². The molecule has 2 aliphatic carbocycles. The molecule has 116 valence electrons. The van der Waals surface area contributed by atoms with Gasteiger partial charge in [0.05, 0.1) is 12.7 Å². The number of nitrogens with zero attached hydrogens (tertiary/aromatic N) is 1. The summed E-state index contributed by atoms with van der Waals surface area (Å²) in [6.45, 7) is 5.48. The van der Waals surface area contributed by atoms with Crippen LogP contribution in [0.1, 0.15) is 64.7 Å². The van der Waals surface area contributed by atoms with Crippen LogP contribution < -0.4 is 5.32 Å². The second-order valence-corrected chi connectivity index (χ2v) is 6.87. The Kier molecular flexibility index (Phi) is 5.36. The molecular formula is C17H32N2O. The maximum atomic E-state index is 6.07. The first kappa shape index (κ1) is 14.8. The number of ether oxygens (including phenoxy) is 1. The van der Waals surface area contributed by atoms with Crippen molar-refractivity contribution >= 4 is 0 Å². The zero-order valence-electron chi connectivity index (χ0n) is 13.2. The Morgan fingerprint density at radius 2 is 1.70 bits per heavy atom. The molecule has 0 bridgehead atoms. The quantitative estimate of drug-likeness (QED) is 0.805. The summed E-state index contributed by atoms with van der Waals surface area (Å²) in [7, 11) is 0. The van der Waals surface area contributed by atoms with Gasteiger partial charge in [-0.2, -0.15) is 0 Å². The fourth-order valence-electron chi connectivity index (χ4n) is 4.72. The van der Waals surface area contributed by atoms with Crippen molar-refractivity contribution in [1.29, 1.82) is 0 Å². The molecule has 4 atom stereocenters. The topological polar surface area (TPSA) is 24.5 Å². The summed E-state index contributed by atoms with van der Waals surface area (Å²) in [6, 6.07) is 2.18. The number of morpholine rings is 1. The molecule has 2 saturated carbocycles. The van der Waals surface area contributed by atoms with Gasteiger partial charge in [-0.1, -0.05) is 39.0 Å². The molecule has 1 N–H and O–H groups in total. The molecule has 3 fully saturated rings. The normalized spacial score (nSPS) is 40.0. The van der Waals surface area contributed by atoms with Crippen LogP contribution in [0.4, 0.5) is 0 Å². The molecule has 20 heavy (non-hydrogen) atoms. The zero-order valence-corrected chi connectivity index (χ0v) is 13.2. The van der Waals surface area contributed by atoms with Gasteiger partial charge in [0, 0.05) is 24.7 Å². The van der Waals surface area contributed by atoms with E-state index in [1.165, 1.54) is 57.8 Å². The second kappa shape index (κ2) is 7.24. The van der Waals surface area contributed by atoms with Gasteiger partial charge in [0.2, 0.25) is 0 Å². The van der Waals surface area contributed by atoms with Gasteiger partial charge in [-0.15, -0.1) is 0 Å². The Bertz CT molecular complexity index is 295. The van der Waals surface area contributed by atoms with Crippen LogP contribution in [-0.2, 0) is 4.74 Å². The van der Waals surface area contributed by atoms with E-state index in [0.29, 0.717) is 18.2 Å². The van der Waals surface area contributed by atoms with Crippen LogP contribution in [0.2, 0.25) is 0 Å². The van der Waals surface area contributed by atoms with E-state index in [1.807, 2.05) is 0 Å². The van der Waals surface area contributed by atoms with Crippen molar-refractivity contribution in [3.05, 3.63) is 0 Å². The lowest BCUT2D eigenvalue weighted by atomic mass is 9.87. The van der Waals surface area contributed by atoms with Crippen LogP contribution in [0.25, 0.3) is 0 Å². The number of rotatable bonds is 3. The summed E-state index contributed by atoms with van der Waals surface area (Å²) in [5.74, 6) is 0. The van der Waals surface area contributed by atoms with Crippen molar-refractivity contribution in [1.82, 2.24) is 10.2 Å². The molecule has 0 radical (unpaired) electrons. The molecule has 0 spiro atoms. The Morgan fingerprint density at radius 3 is 2.60 bits per heavy atom. The lowest BCUT2D eigenvalue weighted by molar-refractivity contribution is -0.107. The number of nitrogens with one attached hydrogen (secondary N) is 1. The minimum Gasteiger partial charge on any atom is -0.375 e. The van der Waals surface area contributed by atoms with E-state index in [1.54, 1.807) is 0 Å². The van der Waals surface area contributed by atoms with Crippen molar-refractivity contribution in [3.63, 3.8) is 0 Å². The van der Waals surface area contributed by atoms with Gasteiger partial charge in [0.25, 0.3) is 0 Å². The third kappa shape index (κ3) is 3.20. The van der Waals surface area contributed by atoms with Crippen molar-refractivity contribution in [3.8, 4) is 0 Å². The van der Waals surface area contributed by atoms with Crippen molar-refractivity contribution in [2.24, 2.45) is 0 Å². The lowest BCUT2D eigenvalue weighted by Crippen LogP contribution is -2.60. The first-order valence-electron chi connectivity index (χ1n) is 9.01. The highest BCUT2D eigenvalue weighted by molar-refractivity contribution is 4.95. The van der Waals surface area contributed by atoms with E-state index in [9.17, 15) is 0 Å². The molecule has 3 nitrogen and oxygen atoms in total. The number of hydrogen-bond donors (Lipinski definition) is 1. The summed E-state index contributed by atoms with van der Waals surface area (Å²) in [5.41, 5.74) is 0. The van der Waals surface area contributed by atoms with Crippen LogP contribution >= 0.6 is 0 Å². The standard InChI is InChI=1S/C17H32N2O/c1-2-18-14-8-4-3-5-9-15(14)19-12-13-20-17-11-7-6-10-16(17)19/h14-18H,2-13H2,1H3. The molecule has 0 aromatic heterocycles. The molecule has 1 heterocycles. The van der Waals surface area contributed by atoms with Gasteiger partial charge in [-0.25, -0.2) is 0 Å². The Hall–Kier alpha value is -0.120. The van der Waals surface area contributed by atoms with E-state index < -0.39 is 0 Å². The molecule has 0 amide bonds. The Balaban J connectivity index is 1.72. The smallest absolute Gasteiger partial charge is 0.0731 e. The van der Waals surface area contributed by atoms with E-state index in [2.05, 4.69) is 17.1 Å². The molecule has 0 aromatic carbocycles. The molecule has 3 aliphatic rings. The van der Waals surface area contributed by atoms with Crippen LogP contribution in [0.3, 0.4) is 0 Å². The molecule has 0 aromatic rings. The predicted octanol–water partition coefficient (Wildman–Crippen LogP) is 2.94. The summed E-state index contributed by atoms with van der Waals surface area (Å²) in [5, 5.41) is 3.78. The van der Waals surface area contributed by atoms with Crippen LogP contribution in [0.5, 0.6) is 0 Å². The summed E-state index contributed by atoms with van der Waals surface area (Å²) in [6.07, 6.45) is 13.0. The predicted molar refractivity (Wildman–Crippen MR) is 83.0 cm³/mol. The van der Waals surface area contributed by atoms with Gasteiger partial charge in [0.15, 0.2) is 0 Å². The maximum Gasteiger partial charge on any atom is 0.0731 e. The minimum atomic E-state index is 0.531. The summed E-state index contributed by atoms with van der Waals surface area (Å²) >= 11 is 0. The van der Waals surface area contributed by atoms with Crippen LogP contribution in [0.15, 0.2) is 0 Å². The third-order valence-electron chi connectivity index (χ3n) is 5.65. The molecule has 1 saturated heterocycles. The lowest BCUT2D eigenvalue weighted by Gasteiger charge is -2.49. The van der Waals surface area contributed by atoms with Crippen LogP contribution in [-0.4, -0.2) is 48.8 Å². The van der Waals surface area contributed by atoms with Crippen molar-refractivity contribution < 1.29 is 4.74 Å². The van der Waals surface area contributed by atoms with Gasteiger partial charge in [0.1, 0.15) is 0 Å². The molecular weight excluding hydrogens is 248 g/mol. The summed E-state index contributed by atoms with van der Waals surface area (Å²) < 4.78 is 6.07. The molecule has 4 unspecified atom stereocenters. The van der Waals surface area contributed by atoms with E-state index in [4.69, 9.17) is 4.74 Å². The summed E-state index contributed by atoms with van der Waals surface area (Å²) in [4.78, 5) is 2.85. The maximum absolute atomic E-state index is 6.07.